The lowest BCUT2D eigenvalue weighted by atomic mass is 10.1. The fourth-order valence-corrected chi connectivity index (χ4v) is 1.98. The number of benzene rings is 1. The summed E-state index contributed by atoms with van der Waals surface area (Å²) in [6.07, 6.45) is 2.16. The van der Waals surface area contributed by atoms with E-state index < -0.39 is 0 Å². The molecule has 2 N–H and O–H groups in total. The minimum absolute atomic E-state index is 0.0515. The third kappa shape index (κ3) is 6.42. The molecule has 1 aromatic carbocycles. The SMILES string of the molecule is CCOCCCNC(=O)/C(C#N)=C\Nc1cc(C)cc(C)c1. The van der Waals surface area contributed by atoms with Crippen LogP contribution in [0.5, 0.6) is 0 Å². The molecule has 5 heteroatoms. The number of nitrogens with zero attached hydrogens (tertiary/aromatic N) is 1. The van der Waals surface area contributed by atoms with Gasteiger partial charge in [-0.3, -0.25) is 4.79 Å². The zero-order chi connectivity index (χ0) is 16.4. The van der Waals surface area contributed by atoms with Crippen molar-refractivity contribution in [3.05, 3.63) is 41.1 Å². The van der Waals surface area contributed by atoms with E-state index in [1.165, 1.54) is 6.20 Å². The van der Waals surface area contributed by atoms with Gasteiger partial charge in [-0.1, -0.05) is 6.07 Å². The van der Waals surface area contributed by atoms with Gasteiger partial charge in [0.2, 0.25) is 0 Å². The number of nitriles is 1. The van der Waals surface area contributed by atoms with E-state index >= 15 is 0 Å². The lowest BCUT2D eigenvalue weighted by molar-refractivity contribution is -0.117. The minimum atomic E-state index is -0.379. The van der Waals surface area contributed by atoms with Crippen LogP contribution >= 0.6 is 0 Å². The van der Waals surface area contributed by atoms with E-state index in [-0.39, 0.29) is 11.5 Å². The van der Waals surface area contributed by atoms with E-state index in [1.807, 2.05) is 39.0 Å². The Morgan fingerprint density at radius 2 is 2.00 bits per heavy atom. The van der Waals surface area contributed by atoms with Crippen molar-refractivity contribution in [1.29, 1.82) is 5.26 Å². The summed E-state index contributed by atoms with van der Waals surface area (Å²) >= 11 is 0. The van der Waals surface area contributed by atoms with E-state index in [4.69, 9.17) is 10.00 Å². The zero-order valence-corrected chi connectivity index (χ0v) is 13.4. The van der Waals surface area contributed by atoms with Crippen LogP contribution in [0.2, 0.25) is 0 Å². The van der Waals surface area contributed by atoms with E-state index in [1.54, 1.807) is 0 Å². The zero-order valence-electron chi connectivity index (χ0n) is 13.4. The summed E-state index contributed by atoms with van der Waals surface area (Å²) in [5.41, 5.74) is 3.15. The molecule has 5 nitrogen and oxygen atoms in total. The number of nitrogens with one attached hydrogen (secondary N) is 2. The molecule has 0 unspecified atom stereocenters. The molecule has 1 aromatic rings. The molecule has 0 spiro atoms. The third-order valence-electron chi connectivity index (χ3n) is 2.93. The van der Waals surface area contributed by atoms with Gasteiger partial charge < -0.3 is 15.4 Å². The summed E-state index contributed by atoms with van der Waals surface area (Å²) < 4.78 is 5.19. The number of amides is 1. The third-order valence-corrected chi connectivity index (χ3v) is 2.93. The molecule has 0 heterocycles. The molecule has 118 valence electrons. The maximum absolute atomic E-state index is 11.9. The van der Waals surface area contributed by atoms with E-state index in [0.29, 0.717) is 19.8 Å². The highest BCUT2D eigenvalue weighted by atomic mass is 16.5. The molecule has 1 rings (SSSR count). The van der Waals surface area contributed by atoms with Crippen LogP contribution in [0.1, 0.15) is 24.5 Å². The van der Waals surface area contributed by atoms with E-state index in [2.05, 4.69) is 16.7 Å². The topological polar surface area (TPSA) is 74.1 Å². The first-order valence-corrected chi connectivity index (χ1v) is 7.38. The molecule has 0 saturated carbocycles. The Kier molecular flexibility index (Phi) is 7.73. The van der Waals surface area contributed by atoms with Crippen molar-refractivity contribution in [2.75, 3.05) is 25.1 Å². The van der Waals surface area contributed by atoms with Crippen molar-refractivity contribution in [1.82, 2.24) is 5.32 Å². The first-order chi connectivity index (χ1) is 10.6. The summed E-state index contributed by atoms with van der Waals surface area (Å²) in [7, 11) is 0. The number of anilines is 1. The normalized spacial score (nSPS) is 10.9. The largest absolute Gasteiger partial charge is 0.382 e. The van der Waals surface area contributed by atoms with Crippen LogP contribution in [-0.4, -0.2) is 25.7 Å². The second-order valence-electron chi connectivity index (χ2n) is 5.00. The maximum atomic E-state index is 11.9. The monoisotopic (exact) mass is 301 g/mol. The molecule has 1 amide bonds. The lowest BCUT2D eigenvalue weighted by Crippen LogP contribution is -2.26. The lowest BCUT2D eigenvalue weighted by Gasteiger charge is -2.07. The average Bonchev–Trinajstić information content (AvgIpc) is 2.46. The number of aryl methyl sites for hydroxylation is 2. The quantitative estimate of drug-likeness (QED) is 0.440. The number of carbonyl (C=O) groups is 1. The van der Waals surface area contributed by atoms with Crippen LogP contribution in [0.15, 0.2) is 30.0 Å². The molecule has 0 atom stereocenters. The predicted molar refractivity (Wildman–Crippen MR) is 87.4 cm³/mol. The van der Waals surface area contributed by atoms with Gasteiger partial charge in [0, 0.05) is 31.6 Å². The van der Waals surface area contributed by atoms with Gasteiger partial charge in [0.25, 0.3) is 5.91 Å². The molecular weight excluding hydrogens is 278 g/mol. The molecule has 0 aliphatic heterocycles. The highest BCUT2D eigenvalue weighted by Crippen LogP contribution is 2.14. The Morgan fingerprint density at radius 1 is 1.32 bits per heavy atom. The summed E-state index contributed by atoms with van der Waals surface area (Å²) in [4.78, 5) is 11.9. The number of ether oxygens (including phenoxy) is 1. The van der Waals surface area contributed by atoms with Gasteiger partial charge in [0.15, 0.2) is 0 Å². The Bertz CT molecular complexity index is 554. The maximum Gasteiger partial charge on any atom is 0.263 e. The highest BCUT2D eigenvalue weighted by Gasteiger charge is 2.07. The summed E-state index contributed by atoms with van der Waals surface area (Å²) in [5.74, 6) is -0.379. The molecular formula is C17H23N3O2. The minimum Gasteiger partial charge on any atom is -0.382 e. The van der Waals surface area contributed by atoms with Crippen LogP contribution in [0.4, 0.5) is 5.69 Å². The van der Waals surface area contributed by atoms with Gasteiger partial charge in [-0.25, -0.2) is 0 Å². The first kappa shape index (κ1) is 17.7. The summed E-state index contributed by atoms with van der Waals surface area (Å²) in [6, 6.07) is 7.88. The smallest absolute Gasteiger partial charge is 0.263 e. The molecule has 22 heavy (non-hydrogen) atoms. The fraction of sp³-hybridized carbons (Fsp3) is 0.412. The van der Waals surface area contributed by atoms with Gasteiger partial charge in [-0.15, -0.1) is 0 Å². The van der Waals surface area contributed by atoms with Crippen molar-refractivity contribution in [2.45, 2.75) is 27.2 Å². The Hall–Kier alpha value is -2.32. The van der Waals surface area contributed by atoms with Crippen molar-refractivity contribution in [2.24, 2.45) is 0 Å². The summed E-state index contributed by atoms with van der Waals surface area (Å²) in [5, 5.41) is 14.8. The highest BCUT2D eigenvalue weighted by molar-refractivity contribution is 5.97. The van der Waals surface area contributed by atoms with Crippen molar-refractivity contribution < 1.29 is 9.53 Å². The molecule has 0 saturated heterocycles. The number of rotatable bonds is 8. The predicted octanol–water partition coefficient (Wildman–Crippen LogP) is 2.67. The van der Waals surface area contributed by atoms with Crippen molar-refractivity contribution >= 4 is 11.6 Å². The molecule has 0 aromatic heterocycles. The number of hydrogen-bond acceptors (Lipinski definition) is 4. The van der Waals surface area contributed by atoms with Gasteiger partial charge in [-0.05, 0) is 50.5 Å². The Balaban J connectivity index is 2.55. The van der Waals surface area contributed by atoms with Crippen LogP contribution in [0, 0.1) is 25.2 Å². The summed E-state index contributed by atoms with van der Waals surface area (Å²) in [6.45, 7) is 7.67. The molecule has 0 aliphatic rings. The van der Waals surface area contributed by atoms with Gasteiger partial charge in [0.1, 0.15) is 11.6 Å². The van der Waals surface area contributed by atoms with Gasteiger partial charge in [-0.2, -0.15) is 5.26 Å². The van der Waals surface area contributed by atoms with Gasteiger partial charge in [0.05, 0.1) is 0 Å². The average molecular weight is 301 g/mol. The number of carbonyl (C=O) groups excluding carboxylic acids is 1. The first-order valence-electron chi connectivity index (χ1n) is 7.38. The van der Waals surface area contributed by atoms with Gasteiger partial charge >= 0.3 is 0 Å². The fourth-order valence-electron chi connectivity index (χ4n) is 1.98. The molecule has 0 fully saturated rings. The molecule has 0 bridgehead atoms. The van der Waals surface area contributed by atoms with Crippen molar-refractivity contribution in [3.8, 4) is 6.07 Å². The Morgan fingerprint density at radius 3 is 2.59 bits per heavy atom. The number of hydrogen-bond donors (Lipinski definition) is 2. The van der Waals surface area contributed by atoms with Crippen LogP contribution in [-0.2, 0) is 9.53 Å². The molecule has 0 aliphatic carbocycles. The van der Waals surface area contributed by atoms with Crippen LogP contribution < -0.4 is 10.6 Å². The Labute approximate surface area is 132 Å². The van der Waals surface area contributed by atoms with Crippen LogP contribution in [0.3, 0.4) is 0 Å². The van der Waals surface area contributed by atoms with Crippen LogP contribution in [0.25, 0.3) is 0 Å². The van der Waals surface area contributed by atoms with Crippen molar-refractivity contribution in [3.63, 3.8) is 0 Å². The standard InChI is InChI=1S/C17H23N3O2/c1-4-22-7-5-6-19-17(21)15(11-18)12-20-16-9-13(2)8-14(3)10-16/h8-10,12,20H,4-7H2,1-3H3,(H,19,21)/b15-12-. The second kappa shape index (κ2) is 9.59. The van der Waals surface area contributed by atoms with E-state index in [0.717, 1.165) is 23.2 Å². The molecule has 0 radical (unpaired) electrons. The second-order valence-corrected chi connectivity index (χ2v) is 5.00. The van der Waals surface area contributed by atoms with E-state index in [9.17, 15) is 4.79 Å².